The van der Waals surface area contributed by atoms with Gasteiger partial charge in [-0.15, -0.1) is 0 Å². The van der Waals surface area contributed by atoms with Gasteiger partial charge in [0, 0.05) is 18.7 Å². The molecule has 0 saturated carbocycles. The van der Waals surface area contributed by atoms with Crippen LogP contribution in [0.2, 0.25) is 0 Å². The van der Waals surface area contributed by atoms with Crippen LogP contribution < -0.4 is 4.74 Å². The number of morpholine rings is 1. The molecule has 1 amide bonds. The van der Waals surface area contributed by atoms with Crippen molar-refractivity contribution in [1.82, 2.24) is 20.0 Å². The summed E-state index contributed by atoms with van der Waals surface area (Å²) in [6.45, 7) is 2.08. The number of rotatable bonds is 7. The molecule has 30 heavy (non-hydrogen) atoms. The highest BCUT2D eigenvalue weighted by Crippen LogP contribution is 2.30. The minimum Gasteiger partial charge on any atom is -0.493 e. The Labute approximate surface area is 172 Å². The number of H-pyrrole nitrogens is 1. The van der Waals surface area contributed by atoms with Crippen LogP contribution in [0.3, 0.4) is 0 Å². The number of alkyl halides is 3. The van der Waals surface area contributed by atoms with Crippen molar-refractivity contribution < 1.29 is 27.4 Å². The molecule has 0 radical (unpaired) electrons. The Hall–Kier alpha value is -2.59. The third-order valence-electron chi connectivity index (χ3n) is 4.67. The fraction of sp³-hybridized carbons (Fsp3) is 0.500. The number of halogens is 3. The van der Waals surface area contributed by atoms with E-state index in [1.54, 1.807) is 4.90 Å². The van der Waals surface area contributed by atoms with Gasteiger partial charge in [-0.1, -0.05) is 0 Å². The number of amides is 1. The van der Waals surface area contributed by atoms with Gasteiger partial charge >= 0.3 is 6.18 Å². The van der Waals surface area contributed by atoms with E-state index in [1.165, 1.54) is 12.1 Å². The molecule has 2 heterocycles. The van der Waals surface area contributed by atoms with E-state index in [2.05, 4.69) is 10.2 Å². The van der Waals surface area contributed by atoms with Crippen LogP contribution in [-0.4, -0.2) is 72.8 Å². The zero-order chi connectivity index (χ0) is 21.7. The first-order valence-corrected chi connectivity index (χ1v) is 9.60. The van der Waals surface area contributed by atoms with Gasteiger partial charge in [-0.25, -0.2) is 0 Å². The first-order chi connectivity index (χ1) is 14.2. The maximum absolute atomic E-state index is 12.6. The molecule has 1 fully saturated rings. The smallest absolute Gasteiger partial charge is 0.416 e. The van der Waals surface area contributed by atoms with Gasteiger partial charge in [0.1, 0.15) is 11.9 Å². The molecule has 0 bridgehead atoms. The lowest BCUT2D eigenvalue weighted by atomic mass is 10.2. The number of hydrogen-bond donors (Lipinski definition) is 1. The normalized spacial score (nSPS) is 17.4. The number of aromatic nitrogens is 2. The standard InChI is InChI=1S/C20H25F3N4O3/c1-26(2)13-19(28)27-8-10-30-18(12-27)17-11-15(24-25-17)7-9-29-16-5-3-14(4-6-16)20(21,22)23/h3-6,11,18H,7-10,12-13H2,1-2H3,(H,24,25)/t18-/m0/s1. The van der Waals surface area contributed by atoms with Crippen LogP contribution in [0, 0.1) is 0 Å². The summed E-state index contributed by atoms with van der Waals surface area (Å²) >= 11 is 0. The molecular formula is C20H25F3N4O3. The van der Waals surface area contributed by atoms with Gasteiger partial charge in [-0.05, 0) is 44.4 Å². The number of hydrogen-bond acceptors (Lipinski definition) is 5. The Balaban J connectivity index is 1.49. The summed E-state index contributed by atoms with van der Waals surface area (Å²) in [5, 5.41) is 7.20. The Morgan fingerprint density at radius 1 is 1.33 bits per heavy atom. The van der Waals surface area contributed by atoms with Crippen molar-refractivity contribution in [3.05, 3.63) is 47.3 Å². The molecule has 2 aromatic rings. The molecule has 0 spiro atoms. The fourth-order valence-corrected chi connectivity index (χ4v) is 3.12. The van der Waals surface area contributed by atoms with Crippen molar-refractivity contribution in [2.24, 2.45) is 0 Å². The molecule has 164 valence electrons. The van der Waals surface area contributed by atoms with Gasteiger partial charge in [0.15, 0.2) is 0 Å². The largest absolute Gasteiger partial charge is 0.493 e. The second kappa shape index (κ2) is 9.48. The number of nitrogens with zero attached hydrogens (tertiary/aromatic N) is 3. The van der Waals surface area contributed by atoms with Gasteiger partial charge in [0.2, 0.25) is 5.91 Å². The van der Waals surface area contributed by atoms with Gasteiger partial charge in [-0.2, -0.15) is 18.3 Å². The van der Waals surface area contributed by atoms with Gasteiger partial charge in [0.25, 0.3) is 0 Å². The third-order valence-corrected chi connectivity index (χ3v) is 4.67. The summed E-state index contributed by atoms with van der Waals surface area (Å²) in [5.74, 6) is 0.419. The number of carbonyl (C=O) groups is 1. The summed E-state index contributed by atoms with van der Waals surface area (Å²) in [6, 6.07) is 6.45. The Morgan fingerprint density at radius 2 is 2.07 bits per heavy atom. The SMILES string of the molecule is CN(C)CC(=O)N1CCO[C@H](c2cc(CCOc3ccc(C(F)(F)F)cc3)[nH]n2)C1. The predicted molar refractivity (Wildman–Crippen MR) is 103 cm³/mol. The van der Waals surface area contributed by atoms with Crippen LogP contribution in [0.1, 0.15) is 23.1 Å². The van der Waals surface area contributed by atoms with Crippen molar-refractivity contribution in [3.63, 3.8) is 0 Å². The van der Waals surface area contributed by atoms with Crippen LogP contribution in [0.25, 0.3) is 0 Å². The van der Waals surface area contributed by atoms with Crippen molar-refractivity contribution >= 4 is 5.91 Å². The Kier molecular flexibility index (Phi) is 6.99. The minimum absolute atomic E-state index is 0.0500. The summed E-state index contributed by atoms with van der Waals surface area (Å²) in [7, 11) is 3.70. The van der Waals surface area contributed by atoms with Crippen molar-refractivity contribution in [2.75, 3.05) is 46.9 Å². The van der Waals surface area contributed by atoms with Crippen LogP contribution in [0.4, 0.5) is 13.2 Å². The number of nitrogens with one attached hydrogen (secondary N) is 1. The first-order valence-electron chi connectivity index (χ1n) is 9.60. The lowest BCUT2D eigenvalue weighted by molar-refractivity contribution is -0.140. The lowest BCUT2D eigenvalue weighted by Crippen LogP contribution is -2.45. The quantitative estimate of drug-likeness (QED) is 0.737. The maximum Gasteiger partial charge on any atom is 0.416 e. The molecule has 1 aromatic heterocycles. The maximum atomic E-state index is 12.6. The molecule has 1 saturated heterocycles. The number of ether oxygens (including phenoxy) is 2. The van der Waals surface area contributed by atoms with Crippen LogP contribution in [0.15, 0.2) is 30.3 Å². The number of benzene rings is 1. The molecule has 1 aliphatic heterocycles. The average Bonchev–Trinajstić information content (AvgIpc) is 3.16. The highest BCUT2D eigenvalue weighted by Gasteiger charge is 2.30. The second-order valence-electron chi connectivity index (χ2n) is 7.38. The summed E-state index contributed by atoms with van der Waals surface area (Å²) < 4.78 is 49.0. The van der Waals surface area contributed by atoms with Gasteiger partial charge < -0.3 is 19.3 Å². The molecule has 3 rings (SSSR count). The predicted octanol–water partition coefficient (Wildman–Crippen LogP) is 2.51. The van der Waals surface area contributed by atoms with E-state index in [0.717, 1.165) is 17.8 Å². The monoisotopic (exact) mass is 426 g/mol. The van der Waals surface area contributed by atoms with Gasteiger partial charge in [0.05, 0.1) is 37.6 Å². The molecule has 1 atom stereocenters. The second-order valence-corrected chi connectivity index (χ2v) is 7.38. The van der Waals surface area contributed by atoms with E-state index in [4.69, 9.17) is 9.47 Å². The summed E-state index contributed by atoms with van der Waals surface area (Å²) in [6.07, 6.45) is -4.16. The zero-order valence-corrected chi connectivity index (χ0v) is 16.9. The molecule has 10 heteroatoms. The highest BCUT2D eigenvalue weighted by atomic mass is 19.4. The van der Waals surface area contributed by atoms with Crippen molar-refractivity contribution in [1.29, 1.82) is 0 Å². The van der Waals surface area contributed by atoms with Crippen LogP contribution in [0.5, 0.6) is 5.75 Å². The molecule has 1 N–H and O–H groups in total. The van der Waals surface area contributed by atoms with E-state index in [9.17, 15) is 18.0 Å². The number of aromatic amines is 1. The molecule has 1 aliphatic rings. The van der Waals surface area contributed by atoms with E-state index in [0.29, 0.717) is 44.1 Å². The molecular weight excluding hydrogens is 401 g/mol. The van der Waals surface area contributed by atoms with E-state index < -0.39 is 11.7 Å². The Bertz CT molecular complexity index is 837. The highest BCUT2D eigenvalue weighted by molar-refractivity contribution is 5.78. The summed E-state index contributed by atoms with van der Waals surface area (Å²) in [5.41, 5.74) is 0.817. The average molecular weight is 426 g/mol. The zero-order valence-electron chi connectivity index (χ0n) is 16.9. The van der Waals surface area contributed by atoms with E-state index >= 15 is 0 Å². The third kappa shape index (κ3) is 5.96. The minimum atomic E-state index is -4.36. The molecule has 1 aromatic carbocycles. The van der Waals surface area contributed by atoms with Crippen LogP contribution in [-0.2, 0) is 22.1 Å². The lowest BCUT2D eigenvalue weighted by Gasteiger charge is -2.32. The van der Waals surface area contributed by atoms with Crippen LogP contribution >= 0.6 is 0 Å². The number of likely N-dealkylation sites (N-methyl/N-ethyl adjacent to an activating group) is 1. The topological polar surface area (TPSA) is 70.7 Å². The molecule has 0 unspecified atom stereocenters. The molecule has 7 nitrogen and oxygen atoms in total. The van der Waals surface area contributed by atoms with E-state index in [1.807, 2.05) is 25.1 Å². The fourth-order valence-electron chi connectivity index (χ4n) is 3.12. The Morgan fingerprint density at radius 3 is 2.73 bits per heavy atom. The van der Waals surface area contributed by atoms with Crippen molar-refractivity contribution in [2.45, 2.75) is 18.7 Å². The first kappa shape index (κ1) is 22.1. The number of carbonyl (C=O) groups excluding carboxylic acids is 1. The summed E-state index contributed by atoms with van der Waals surface area (Å²) in [4.78, 5) is 15.9. The van der Waals surface area contributed by atoms with E-state index in [-0.39, 0.29) is 18.6 Å². The van der Waals surface area contributed by atoms with Crippen molar-refractivity contribution in [3.8, 4) is 5.75 Å². The molecule has 0 aliphatic carbocycles. The van der Waals surface area contributed by atoms with Gasteiger partial charge in [-0.3, -0.25) is 9.89 Å².